The van der Waals surface area contributed by atoms with E-state index in [0.29, 0.717) is 15.9 Å². The van der Waals surface area contributed by atoms with Crippen molar-refractivity contribution in [2.45, 2.75) is 4.90 Å². The minimum atomic E-state index is -3.74. The van der Waals surface area contributed by atoms with E-state index in [9.17, 15) is 8.42 Å². The molecule has 2 aromatic rings. The lowest BCUT2D eigenvalue weighted by molar-refractivity contribution is 0.598. The lowest BCUT2D eigenvalue weighted by Gasteiger charge is -2.03. The van der Waals surface area contributed by atoms with Gasteiger partial charge in [0.15, 0.2) is 0 Å². The largest absolute Gasteiger partial charge is 0.256 e. The van der Waals surface area contributed by atoms with Crippen molar-refractivity contribution in [3.63, 3.8) is 0 Å². The molecule has 0 fully saturated rings. The van der Waals surface area contributed by atoms with Crippen molar-refractivity contribution in [2.24, 2.45) is 5.14 Å². The third kappa shape index (κ3) is 1.94. The van der Waals surface area contributed by atoms with Gasteiger partial charge in [-0.15, -0.1) is 0 Å². The van der Waals surface area contributed by atoms with E-state index in [1.165, 1.54) is 18.3 Å². The maximum absolute atomic E-state index is 11.3. The predicted octanol–water partition coefficient (Wildman–Crippen LogP) is 1.54. The molecule has 1 aromatic carbocycles. The smallest absolute Gasteiger partial charge is 0.238 e. The molecule has 78 valence electrons. The Kier molecular flexibility index (Phi) is 2.38. The fourth-order valence-corrected chi connectivity index (χ4v) is 2.23. The lowest BCUT2D eigenvalue weighted by Crippen LogP contribution is -2.12. The summed E-state index contributed by atoms with van der Waals surface area (Å²) in [5, 5.41) is 5.96. The summed E-state index contributed by atoms with van der Waals surface area (Å²) in [5.74, 6) is 0. The number of hydrogen-bond acceptors (Lipinski definition) is 3. The van der Waals surface area contributed by atoms with Crippen LogP contribution in [0.4, 0.5) is 0 Å². The quantitative estimate of drug-likeness (QED) is 0.824. The van der Waals surface area contributed by atoms with Crippen molar-refractivity contribution in [3.05, 3.63) is 35.5 Å². The monoisotopic (exact) mass is 242 g/mol. The molecule has 0 aliphatic carbocycles. The van der Waals surface area contributed by atoms with Crippen LogP contribution >= 0.6 is 11.6 Å². The summed E-state index contributed by atoms with van der Waals surface area (Å²) >= 11 is 5.78. The molecule has 4 nitrogen and oxygen atoms in total. The highest BCUT2D eigenvalue weighted by molar-refractivity contribution is 7.89. The van der Waals surface area contributed by atoms with E-state index in [2.05, 4.69) is 4.98 Å². The Labute approximate surface area is 91.7 Å². The molecule has 0 radical (unpaired) electrons. The molecule has 0 saturated heterocycles. The maximum Gasteiger partial charge on any atom is 0.238 e. The molecule has 0 aliphatic heterocycles. The fourth-order valence-electron chi connectivity index (χ4n) is 1.34. The second kappa shape index (κ2) is 3.44. The molecule has 2 rings (SSSR count). The van der Waals surface area contributed by atoms with E-state index in [1.54, 1.807) is 12.1 Å². The van der Waals surface area contributed by atoms with Gasteiger partial charge in [0.05, 0.1) is 10.4 Å². The number of hydrogen-bond donors (Lipinski definition) is 1. The number of nitrogens with zero attached hydrogens (tertiary/aromatic N) is 1. The molecule has 6 heteroatoms. The summed E-state index contributed by atoms with van der Waals surface area (Å²) < 4.78 is 22.5. The molecule has 0 unspecified atom stereocenters. The number of sulfonamides is 1. The van der Waals surface area contributed by atoms with Gasteiger partial charge in [0, 0.05) is 16.6 Å². The Morgan fingerprint density at radius 2 is 2.00 bits per heavy atom. The van der Waals surface area contributed by atoms with Crippen molar-refractivity contribution in [1.29, 1.82) is 0 Å². The van der Waals surface area contributed by atoms with Gasteiger partial charge >= 0.3 is 0 Å². The van der Waals surface area contributed by atoms with E-state index in [1.807, 2.05) is 0 Å². The van der Waals surface area contributed by atoms with Gasteiger partial charge < -0.3 is 0 Å². The second-order valence-corrected chi connectivity index (χ2v) is 4.98. The van der Waals surface area contributed by atoms with Gasteiger partial charge in [0.2, 0.25) is 10.0 Å². The lowest BCUT2D eigenvalue weighted by atomic mass is 10.2. The Morgan fingerprint density at radius 1 is 1.27 bits per heavy atom. The van der Waals surface area contributed by atoms with Gasteiger partial charge in [-0.3, -0.25) is 4.98 Å². The maximum atomic E-state index is 11.3. The van der Waals surface area contributed by atoms with E-state index in [4.69, 9.17) is 16.7 Å². The standard InChI is InChI=1S/C9H7ClN2O2S/c10-6-1-2-8-7(5-6)9(3-4-12-8)15(11,13)14/h1-5H,(H2,11,13,14). The fraction of sp³-hybridized carbons (Fsp3) is 0. The predicted molar refractivity (Wildman–Crippen MR) is 58.1 cm³/mol. The first-order valence-corrected chi connectivity index (χ1v) is 5.98. The molecule has 1 heterocycles. The van der Waals surface area contributed by atoms with Gasteiger partial charge in [-0.2, -0.15) is 0 Å². The summed E-state index contributed by atoms with van der Waals surface area (Å²) in [7, 11) is -3.74. The number of rotatable bonds is 1. The highest BCUT2D eigenvalue weighted by Gasteiger charge is 2.12. The van der Waals surface area contributed by atoms with Crippen molar-refractivity contribution in [2.75, 3.05) is 0 Å². The van der Waals surface area contributed by atoms with E-state index in [0.717, 1.165) is 0 Å². The van der Waals surface area contributed by atoms with Crippen LogP contribution in [0.3, 0.4) is 0 Å². The minimum Gasteiger partial charge on any atom is -0.256 e. The average Bonchev–Trinajstić information content (AvgIpc) is 2.15. The zero-order valence-electron chi connectivity index (χ0n) is 7.51. The molecule has 2 N–H and O–H groups in total. The molecule has 0 saturated carbocycles. The van der Waals surface area contributed by atoms with Crippen LogP contribution in [0.1, 0.15) is 0 Å². The summed E-state index contributed by atoms with van der Waals surface area (Å²) in [6.07, 6.45) is 1.40. The summed E-state index contributed by atoms with van der Waals surface area (Å²) in [6.45, 7) is 0. The first-order chi connectivity index (χ1) is 6.98. The first-order valence-electron chi connectivity index (χ1n) is 4.05. The molecular weight excluding hydrogens is 236 g/mol. The number of fused-ring (bicyclic) bond motifs is 1. The number of pyridine rings is 1. The first kappa shape index (κ1) is 10.4. The van der Waals surface area contributed by atoms with Crippen molar-refractivity contribution in [3.8, 4) is 0 Å². The Bertz CT molecular complexity index is 625. The summed E-state index contributed by atoms with van der Waals surface area (Å²) in [5.41, 5.74) is 0.547. The Morgan fingerprint density at radius 3 is 2.67 bits per heavy atom. The highest BCUT2D eigenvalue weighted by Crippen LogP contribution is 2.23. The van der Waals surface area contributed by atoms with Crippen LogP contribution in [0.5, 0.6) is 0 Å². The number of benzene rings is 1. The molecular formula is C9H7ClN2O2S. The van der Waals surface area contributed by atoms with E-state index >= 15 is 0 Å². The number of primary sulfonamides is 1. The van der Waals surface area contributed by atoms with Crippen molar-refractivity contribution in [1.82, 2.24) is 4.98 Å². The Balaban J connectivity index is 2.92. The van der Waals surface area contributed by atoms with Gasteiger partial charge in [-0.05, 0) is 24.3 Å². The van der Waals surface area contributed by atoms with Crippen LogP contribution in [0, 0.1) is 0 Å². The average molecular weight is 243 g/mol. The molecule has 15 heavy (non-hydrogen) atoms. The summed E-state index contributed by atoms with van der Waals surface area (Å²) in [4.78, 5) is 4.05. The van der Waals surface area contributed by atoms with Gasteiger partial charge in [0.1, 0.15) is 0 Å². The van der Waals surface area contributed by atoms with Crippen molar-refractivity contribution < 1.29 is 8.42 Å². The topological polar surface area (TPSA) is 73.1 Å². The Hall–Kier alpha value is -1.17. The molecule has 0 bridgehead atoms. The third-order valence-electron chi connectivity index (χ3n) is 1.97. The number of aromatic nitrogens is 1. The van der Waals surface area contributed by atoms with Gasteiger partial charge in [-0.1, -0.05) is 11.6 Å². The van der Waals surface area contributed by atoms with Gasteiger partial charge in [0.25, 0.3) is 0 Å². The van der Waals surface area contributed by atoms with Crippen LogP contribution in [0.2, 0.25) is 5.02 Å². The summed E-state index contributed by atoms with van der Waals surface area (Å²) in [6, 6.07) is 6.17. The molecule has 0 amide bonds. The third-order valence-corrected chi connectivity index (χ3v) is 3.17. The number of nitrogens with two attached hydrogens (primary N) is 1. The molecule has 1 aromatic heterocycles. The van der Waals surface area contributed by atoms with Gasteiger partial charge in [-0.25, -0.2) is 13.6 Å². The highest BCUT2D eigenvalue weighted by atomic mass is 35.5. The molecule has 0 spiro atoms. The molecule has 0 aliphatic rings. The second-order valence-electron chi connectivity index (χ2n) is 3.02. The minimum absolute atomic E-state index is 0.0370. The zero-order valence-corrected chi connectivity index (χ0v) is 9.09. The van der Waals surface area contributed by atoms with Crippen molar-refractivity contribution >= 4 is 32.5 Å². The van der Waals surface area contributed by atoms with Crippen LogP contribution in [0.15, 0.2) is 35.4 Å². The van der Waals surface area contributed by atoms with E-state index < -0.39 is 10.0 Å². The van der Waals surface area contributed by atoms with Crippen LogP contribution < -0.4 is 5.14 Å². The van der Waals surface area contributed by atoms with Crippen LogP contribution in [-0.4, -0.2) is 13.4 Å². The van der Waals surface area contributed by atoms with E-state index in [-0.39, 0.29) is 4.90 Å². The normalized spacial score (nSPS) is 11.9. The molecule has 0 atom stereocenters. The van der Waals surface area contributed by atoms with Crippen LogP contribution in [0.25, 0.3) is 10.9 Å². The SMILES string of the molecule is NS(=O)(=O)c1ccnc2ccc(Cl)cc12. The zero-order chi connectivity index (χ0) is 11.1. The number of halogens is 1. The van der Waals surface area contributed by atoms with Crippen LogP contribution in [-0.2, 0) is 10.0 Å².